The lowest BCUT2D eigenvalue weighted by atomic mass is 10.0. The van der Waals surface area contributed by atoms with Crippen molar-refractivity contribution in [3.8, 4) is 0 Å². The summed E-state index contributed by atoms with van der Waals surface area (Å²) in [5, 5.41) is 8.61. The van der Waals surface area contributed by atoms with Crippen LogP contribution in [-0.2, 0) is 13.9 Å². The van der Waals surface area contributed by atoms with Crippen molar-refractivity contribution < 1.29 is 23.9 Å². The number of nitrogens with two attached hydrogens (primary N) is 1. The molecule has 7 N–H and O–H groups in total. The lowest BCUT2D eigenvalue weighted by molar-refractivity contribution is -0.139. The van der Waals surface area contributed by atoms with E-state index in [0.29, 0.717) is 6.42 Å². The zero-order valence-corrected chi connectivity index (χ0v) is 18.1. The highest BCUT2D eigenvalue weighted by Gasteiger charge is 2.22. The van der Waals surface area contributed by atoms with Gasteiger partial charge in [-0.3, -0.25) is 9.36 Å². The van der Waals surface area contributed by atoms with Gasteiger partial charge in [0, 0.05) is 6.16 Å². The van der Waals surface area contributed by atoms with Gasteiger partial charge in [-0.25, -0.2) is 0 Å². The van der Waals surface area contributed by atoms with Crippen LogP contribution in [-0.4, -0.2) is 34.8 Å². The van der Waals surface area contributed by atoms with Crippen LogP contribution < -0.4 is 11.9 Å². The normalized spacial score (nSPS) is 14.3. The topological polar surface area (TPSA) is 145 Å². The highest BCUT2D eigenvalue weighted by atomic mass is 31.2. The number of hydrogen-bond acceptors (Lipinski definition) is 5. The summed E-state index contributed by atoms with van der Waals surface area (Å²) in [6, 6.07) is -1.26. The predicted octanol–water partition coefficient (Wildman–Crippen LogP) is 5.24. The maximum absolute atomic E-state index is 11.7. The van der Waals surface area contributed by atoms with E-state index in [2.05, 4.69) is 6.92 Å². The molecule has 0 aliphatic carbocycles. The largest absolute Gasteiger partial charge is 0.480 e. The zero-order valence-electron chi connectivity index (χ0n) is 17.2. The van der Waals surface area contributed by atoms with Crippen LogP contribution in [0, 0.1) is 0 Å². The van der Waals surface area contributed by atoms with Crippen molar-refractivity contribution in [3.63, 3.8) is 0 Å². The van der Waals surface area contributed by atoms with Crippen molar-refractivity contribution >= 4 is 13.6 Å². The van der Waals surface area contributed by atoms with Crippen LogP contribution in [0.4, 0.5) is 0 Å². The average molecular weight is 411 g/mol. The van der Waals surface area contributed by atoms with Crippen molar-refractivity contribution in [1.82, 2.24) is 6.15 Å². The number of rotatable bonds is 19. The summed E-state index contributed by atoms with van der Waals surface area (Å²) in [7, 11) is -3.71. The molecule has 8 heteroatoms. The molecule has 0 amide bonds. The Kier molecular flexibility index (Phi) is 20.1. The average Bonchev–Trinajstić information content (AvgIpc) is 2.60. The van der Waals surface area contributed by atoms with E-state index >= 15 is 0 Å². The van der Waals surface area contributed by atoms with Crippen LogP contribution in [0.2, 0.25) is 0 Å². The summed E-state index contributed by atoms with van der Waals surface area (Å²) in [6.07, 6.45) is 17.2. The Labute approximate surface area is 165 Å². The summed E-state index contributed by atoms with van der Waals surface area (Å²) in [6.45, 7) is 1.82. The SMILES string of the molecule is CCCCCCCCCCCCCCCCP(=O)(O)OCC(N)C(=O)O.N. The fourth-order valence-corrected chi connectivity index (χ4v) is 3.98. The summed E-state index contributed by atoms with van der Waals surface area (Å²) < 4.78 is 16.5. The third-order valence-electron chi connectivity index (χ3n) is 4.57. The maximum Gasteiger partial charge on any atom is 0.328 e. The van der Waals surface area contributed by atoms with Gasteiger partial charge in [0.15, 0.2) is 0 Å². The van der Waals surface area contributed by atoms with Gasteiger partial charge in [0.1, 0.15) is 6.04 Å². The Morgan fingerprint density at radius 3 is 1.63 bits per heavy atom. The van der Waals surface area contributed by atoms with Crippen molar-refractivity contribution in [3.05, 3.63) is 0 Å². The molecule has 0 saturated heterocycles. The van der Waals surface area contributed by atoms with E-state index in [1.165, 1.54) is 64.2 Å². The molecule has 0 bridgehead atoms. The second-order valence-corrected chi connectivity index (χ2v) is 9.18. The minimum atomic E-state index is -3.71. The van der Waals surface area contributed by atoms with Crippen LogP contribution in [0.5, 0.6) is 0 Å². The molecule has 164 valence electrons. The Morgan fingerprint density at radius 1 is 0.889 bits per heavy atom. The molecule has 0 rings (SSSR count). The van der Waals surface area contributed by atoms with Gasteiger partial charge in [-0.15, -0.1) is 0 Å². The molecular weight excluding hydrogens is 367 g/mol. The summed E-state index contributed by atoms with van der Waals surface area (Å²) in [4.78, 5) is 20.2. The lowest BCUT2D eigenvalue weighted by Crippen LogP contribution is -2.34. The van der Waals surface area contributed by atoms with Gasteiger partial charge >= 0.3 is 13.6 Å². The molecule has 0 aromatic carbocycles. The first-order chi connectivity index (χ1) is 12.4. The molecule has 2 atom stereocenters. The number of unbranched alkanes of at least 4 members (excludes halogenated alkanes) is 13. The van der Waals surface area contributed by atoms with Gasteiger partial charge in [0.2, 0.25) is 0 Å². The molecule has 0 aromatic rings. The molecule has 0 fully saturated rings. The van der Waals surface area contributed by atoms with Crippen molar-refractivity contribution in [2.45, 2.75) is 103 Å². The second-order valence-electron chi connectivity index (χ2n) is 7.20. The smallest absolute Gasteiger partial charge is 0.328 e. The van der Waals surface area contributed by atoms with Gasteiger partial charge in [0.05, 0.1) is 6.61 Å². The zero-order chi connectivity index (χ0) is 19.7. The van der Waals surface area contributed by atoms with E-state index < -0.39 is 26.2 Å². The number of aliphatic carboxylic acids is 1. The molecule has 0 spiro atoms. The number of hydrogen-bond donors (Lipinski definition) is 4. The summed E-state index contributed by atoms with van der Waals surface area (Å²) in [5.74, 6) is -1.23. The highest BCUT2D eigenvalue weighted by Crippen LogP contribution is 2.42. The molecule has 0 aromatic heterocycles. The predicted molar refractivity (Wildman–Crippen MR) is 112 cm³/mol. The standard InChI is InChI=1S/C19H40NO5P.H3N/c1-2-3-4-5-6-7-8-9-10-11-12-13-14-15-16-26(23,24)25-17-18(20)19(21)22;/h18H,2-17,20H2,1H3,(H,21,22)(H,23,24);1H3. The van der Waals surface area contributed by atoms with Crippen LogP contribution in [0.25, 0.3) is 0 Å². The molecule has 0 aliphatic rings. The Hall–Kier alpha value is -0.460. The van der Waals surface area contributed by atoms with Crippen molar-refractivity contribution in [2.75, 3.05) is 12.8 Å². The molecule has 0 radical (unpaired) electrons. The second kappa shape index (κ2) is 18.9. The third-order valence-corrected chi connectivity index (χ3v) is 6.00. The molecule has 0 saturated carbocycles. The van der Waals surface area contributed by atoms with Gasteiger partial charge < -0.3 is 26.4 Å². The highest BCUT2D eigenvalue weighted by molar-refractivity contribution is 7.52. The monoisotopic (exact) mass is 410 g/mol. The van der Waals surface area contributed by atoms with Gasteiger partial charge in [-0.1, -0.05) is 90.4 Å². The fraction of sp³-hybridized carbons (Fsp3) is 0.947. The Balaban J connectivity index is 0. The van der Waals surface area contributed by atoms with Crippen molar-refractivity contribution in [1.29, 1.82) is 0 Å². The molecule has 2 unspecified atom stereocenters. The first kappa shape index (κ1) is 28.7. The van der Waals surface area contributed by atoms with E-state index in [-0.39, 0.29) is 12.3 Å². The van der Waals surface area contributed by atoms with Gasteiger partial charge in [-0.2, -0.15) is 0 Å². The fourth-order valence-electron chi connectivity index (χ4n) is 2.84. The molecule has 0 aliphatic heterocycles. The van der Waals surface area contributed by atoms with E-state index in [1.54, 1.807) is 0 Å². The Bertz CT molecular complexity index is 396. The van der Waals surface area contributed by atoms with E-state index in [9.17, 15) is 14.3 Å². The van der Waals surface area contributed by atoms with E-state index in [4.69, 9.17) is 15.4 Å². The third kappa shape index (κ3) is 20.1. The van der Waals surface area contributed by atoms with Gasteiger partial charge in [0.25, 0.3) is 0 Å². The number of carboxylic acids is 1. The van der Waals surface area contributed by atoms with E-state index in [1.807, 2.05) is 0 Å². The van der Waals surface area contributed by atoms with E-state index in [0.717, 1.165) is 19.3 Å². The number of carbonyl (C=O) groups is 1. The minimum absolute atomic E-state index is 0. The molecular formula is C19H43N2O5P. The number of carboxylic acid groups (broad SMARTS) is 1. The summed E-state index contributed by atoms with van der Waals surface area (Å²) >= 11 is 0. The lowest BCUT2D eigenvalue weighted by Gasteiger charge is -2.13. The molecule has 7 nitrogen and oxygen atoms in total. The van der Waals surface area contributed by atoms with Crippen molar-refractivity contribution in [2.24, 2.45) is 5.73 Å². The first-order valence-corrected chi connectivity index (χ1v) is 12.1. The quantitative estimate of drug-likeness (QED) is 0.168. The van der Waals surface area contributed by atoms with Crippen LogP contribution >= 0.6 is 7.60 Å². The minimum Gasteiger partial charge on any atom is -0.480 e. The molecule has 27 heavy (non-hydrogen) atoms. The Morgan fingerprint density at radius 2 is 1.26 bits per heavy atom. The van der Waals surface area contributed by atoms with Crippen LogP contribution in [0.3, 0.4) is 0 Å². The first-order valence-electron chi connectivity index (χ1n) is 10.3. The van der Waals surface area contributed by atoms with Crippen LogP contribution in [0.1, 0.15) is 96.8 Å². The summed E-state index contributed by atoms with van der Waals surface area (Å²) in [5.41, 5.74) is 5.25. The molecule has 0 heterocycles. The van der Waals surface area contributed by atoms with Gasteiger partial charge in [-0.05, 0) is 6.42 Å². The maximum atomic E-state index is 11.7. The van der Waals surface area contributed by atoms with Crippen LogP contribution in [0.15, 0.2) is 0 Å².